The van der Waals surface area contributed by atoms with Crippen LogP contribution in [0.3, 0.4) is 0 Å². The molecule has 0 spiro atoms. The van der Waals surface area contributed by atoms with E-state index in [1.165, 1.54) is 28.4 Å². The summed E-state index contributed by atoms with van der Waals surface area (Å²) in [7, 11) is 5.32. The summed E-state index contributed by atoms with van der Waals surface area (Å²) in [6.07, 6.45) is 6.57. The van der Waals surface area contributed by atoms with Gasteiger partial charge in [-0.2, -0.15) is 0 Å². The van der Waals surface area contributed by atoms with Gasteiger partial charge in [0, 0.05) is 28.4 Å². The summed E-state index contributed by atoms with van der Waals surface area (Å²) in [6, 6.07) is 0. The van der Waals surface area contributed by atoms with Crippen molar-refractivity contribution in [1.29, 1.82) is 0 Å². The maximum atomic E-state index is 10.5. The van der Waals surface area contributed by atoms with Gasteiger partial charge >= 0.3 is 26.9 Å². The average molecular weight is 565 g/mol. The molecule has 0 aromatic carbocycles. The zero-order valence-electron chi connectivity index (χ0n) is 17.0. The van der Waals surface area contributed by atoms with Crippen LogP contribution in [0.25, 0.3) is 0 Å². The monoisotopic (exact) mass is 564 g/mol. The van der Waals surface area contributed by atoms with Crippen molar-refractivity contribution in [2.45, 2.75) is 0 Å². The van der Waals surface area contributed by atoms with Crippen LogP contribution in [0, 0.1) is 0 Å². The van der Waals surface area contributed by atoms with Crippen molar-refractivity contribution < 1.29 is 36.4 Å². The van der Waals surface area contributed by atoms with E-state index in [0.29, 0.717) is 0 Å². The molecule has 0 aliphatic heterocycles. The highest BCUT2D eigenvalue weighted by atomic mass is 32.7. The Bertz CT molecular complexity index is 447. The van der Waals surface area contributed by atoms with Crippen molar-refractivity contribution in [2.24, 2.45) is 22.0 Å². The molecule has 0 aliphatic carbocycles. The van der Waals surface area contributed by atoms with Crippen molar-refractivity contribution in [3.63, 3.8) is 0 Å². The minimum absolute atomic E-state index is 1.04. The van der Waals surface area contributed by atoms with E-state index in [0.717, 1.165) is 45.5 Å². The third-order valence-electron chi connectivity index (χ3n) is 2.04. The second-order valence-corrected chi connectivity index (χ2v) is 21.3. The number of rotatable bonds is 8. The van der Waals surface area contributed by atoms with E-state index in [1.807, 2.05) is 0 Å². The largest absolute Gasteiger partial charge is 0.323 e. The third-order valence-corrected chi connectivity index (χ3v) is 14.0. The number of hydrogen-bond acceptors (Lipinski definition) is 12. The van der Waals surface area contributed by atoms with E-state index in [1.54, 1.807) is 25.0 Å². The van der Waals surface area contributed by atoms with Crippen molar-refractivity contribution in [1.82, 2.24) is 0 Å². The maximum absolute atomic E-state index is 10.5. The highest BCUT2D eigenvalue weighted by Gasteiger charge is 2.11. The Morgan fingerprint density at radius 2 is 0.571 bits per heavy atom. The molecule has 0 radical (unpaired) electrons. The molecule has 176 valence electrons. The average Bonchev–Trinajstić information content (AvgIpc) is 2.69. The van der Waals surface area contributed by atoms with Crippen molar-refractivity contribution in [3.05, 3.63) is 0 Å². The fourth-order valence-electron chi connectivity index (χ4n) is 0.298. The normalized spacial score (nSPS) is 18.7. The van der Waals surface area contributed by atoms with Gasteiger partial charge in [0.05, 0.1) is 0 Å². The zero-order chi connectivity index (χ0) is 23.7. The first-order chi connectivity index (χ1) is 12.5. The molecule has 4 unspecified atom stereocenters. The molecule has 0 saturated carbocycles. The van der Waals surface area contributed by atoms with Gasteiger partial charge in [0.25, 0.3) is 0 Å². The van der Waals surface area contributed by atoms with Gasteiger partial charge in [-0.3, -0.25) is 40.3 Å². The van der Waals surface area contributed by atoms with Gasteiger partial charge in [0.1, 0.15) is 0 Å². The summed E-state index contributed by atoms with van der Waals surface area (Å²) >= 11 is 4.15. The molecule has 0 rings (SSSR count). The molecule has 0 fully saturated rings. The lowest BCUT2D eigenvalue weighted by molar-refractivity contribution is 0.409. The van der Waals surface area contributed by atoms with Crippen LogP contribution < -0.4 is 22.0 Å². The topological polar surface area (TPSA) is 209 Å². The third kappa shape index (κ3) is 30.2. The first-order valence-corrected chi connectivity index (χ1v) is 20.6. The highest BCUT2D eigenvalue weighted by Crippen LogP contribution is 2.50. The lowest BCUT2D eigenvalue weighted by Gasteiger charge is -2.02. The van der Waals surface area contributed by atoms with Crippen LogP contribution in [0.1, 0.15) is 0 Å². The molecule has 28 heavy (non-hydrogen) atoms. The van der Waals surface area contributed by atoms with Crippen LogP contribution in [-0.4, -0.2) is 53.5 Å². The molecular weight excluding hydrogens is 532 g/mol. The Morgan fingerprint density at radius 3 is 0.571 bits per heavy atom. The SMILES string of the molecule is COP(N)(=O)SC.COP(N)(=O)SC.COP(N)(=O)SC.COP(N)(=O)SC. The van der Waals surface area contributed by atoms with Crippen LogP contribution in [0.15, 0.2) is 0 Å². The van der Waals surface area contributed by atoms with E-state index in [4.69, 9.17) is 22.0 Å². The lowest BCUT2D eigenvalue weighted by atomic mass is 11.8. The van der Waals surface area contributed by atoms with E-state index < -0.39 is 26.9 Å². The molecule has 4 atom stereocenters. The summed E-state index contributed by atoms with van der Waals surface area (Å²) in [4.78, 5) is 0. The summed E-state index contributed by atoms with van der Waals surface area (Å²) < 4.78 is 59.4. The van der Waals surface area contributed by atoms with Crippen LogP contribution in [0.4, 0.5) is 0 Å². The highest BCUT2D eigenvalue weighted by molar-refractivity contribution is 8.56. The molecule has 20 heteroatoms. The molecule has 0 aliphatic rings. The molecule has 0 saturated heterocycles. The Balaban J connectivity index is -0.000000137. The van der Waals surface area contributed by atoms with Gasteiger partial charge in [-0.1, -0.05) is 45.5 Å². The van der Waals surface area contributed by atoms with Crippen LogP contribution in [0.5, 0.6) is 0 Å². The Labute approximate surface area is 183 Å². The summed E-state index contributed by atoms with van der Waals surface area (Å²) in [5, 5.41) is 0. The number of nitrogens with two attached hydrogens (primary N) is 4. The van der Waals surface area contributed by atoms with Gasteiger partial charge in [-0.25, -0.2) is 0 Å². The number of hydrogen-bond donors (Lipinski definition) is 4. The van der Waals surface area contributed by atoms with Crippen LogP contribution >= 0.6 is 72.4 Å². The molecule has 0 heterocycles. The van der Waals surface area contributed by atoms with Gasteiger partial charge in [-0.15, -0.1) is 0 Å². The standard InChI is InChI=1S/4C2H8NO2PS/c4*1-5-6(3,4)7-2/h4*1-2H3,(H2,3,4). The van der Waals surface area contributed by atoms with Crippen LogP contribution in [0.2, 0.25) is 0 Å². The fraction of sp³-hybridized carbons (Fsp3) is 1.00. The molecule has 0 amide bonds. The molecule has 12 nitrogen and oxygen atoms in total. The minimum Gasteiger partial charge on any atom is -0.313 e. The quantitative estimate of drug-likeness (QED) is 0.304. The van der Waals surface area contributed by atoms with Gasteiger partial charge in [0.15, 0.2) is 0 Å². The van der Waals surface area contributed by atoms with Crippen molar-refractivity contribution in [2.75, 3.05) is 53.5 Å². The van der Waals surface area contributed by atoms with Gasteiger partial charge in [-0.05, 0) is 25.0 Å². The van der Waals surface area contributed by atoms with E-state index in [-0.39, 0.29) is 0 Å². The van der Waals surface area contributed by atoms with E-state index >= 15 is 0 Å². The van der Waals surface area contributed by atoms with E-state index in [2.05, 4.69) is 18.1 Å². The zero-order valence-corrected chi connectivity index (χ0v) is 23.8. The maximum Gasteiger partial charge on any atom is 0.323 e. The molecule has 0 aromatic rings. The smallest absolute Gasteiger partial charge is 0.313 e. The first-order valence-electron chi connectivity index (χ1n) is 6.49. The predicted molar refractivity (Wildman–Crippen MR) is 129 cm³/mol. The fourth-order valence-corrected chi connectivity index (χ4v) is 2.68. The first kappa shape index (κ1) is 37.3. The van der Waals surface area contributed by atoms with Crippen molar-refractivity contribution in [3.8, 4) is 0 Å². The molecular formula is C8H32N4O8P4S4. The molecule has 0 aromatic heterocycles. The Kier molecular flexibility index (Phi) is 26.2. The predicted octanol–water partition coefficient (Wildman–Crippen LogP) is 4.25. The Hall–Kier alpha value is 2.00. The van der Waals surface area contributed by atoms with Gasteiger partial charge < -0.3 is 18.1 Å². The second kappa shape index (κ2) is 19.7. The minimum atomic E-state index is -2.74. The van der Waals surface area contributed by atoms with Crippen LogP contribution in [-0.2, 0) is 36.4 Å². The van der Waals surface area contributed by atoms with Gasteiger partial charge in [0.2, 0.25) is 0 Å². The molecule has 0 bridgehead atoms. The van der Waals surface area contributed by atoms with E-state index in [9.17, 15) is 18.3 Å². The summed E-state index contributed by atoms with van der Waals surface area (Å²) in [6.45, 7) is -11.0. The second-order valence-electron chi connectivity index (χ2n) is 3.62. The Morgan fingerprint density at radius 1 is 0.464 bits per heavy atom. The molecule has 8 N–H and O–H groups in total. The summed E-state index contributed by atoms with van der Waals surface area (Å²) in [5.74, 6) is 0. The van der Waals surface area contributed by atoms with Crippen molar-refractivity contribution >= 4 is 72.4 Å². The summed E-state index contributed by atoms with van der Waals surface area (Å²) in [5.41, 5.74) is 20.0. The lowest BCUT2D eigenvalue weighted by Crippen LogP contribution is -1.89.